The Balaban J connectivity index is 2.30. The van der Waals surface area contributed by atoms with Crippen molar-refractivity contribution in [3.05, 3.63) is 39.9 Å². The van der Waals surface area contributed by atoms with Crippen LogP contribution in [0.4, 0.5) is 5.69 Å². The van der Waals surface area contributed by atoms with Crippen LogP contribution in [-0.4, -0.2) is 28.3 Å². The molecular formula is C14H18N2O3. The second-order valence-electron chi connectivity index (χ2n) is 4.83. The van der Waals surface area contributed by atoms with Crippen LogP contribution in [-0.2, 0) is 0 Å². The van der Waals surface area contributed by atoms with E-state index in [0.29, 0.717) is 6.54 Å². The molecule has 1 aliphatic rings. The number of hydrogen-bond acceptors (Lipinski definition) is 3. The maximum absolute atomic E-state index is 12.5. The zero-order valence-electron chi connectivity index (χ0n) is 11.0. The topological polar surface area (TPSA) is 63.5 Å². The van der Waals surface area contributed by atoms with E-state index in [0.717, 1.165) is 25.7 Å². The molecule has 19 heavy (non-hydrogen) atoms. The number of piperidine rings is 1. The van der Waals surface area contributed by atoms with Gasteiger partial charge in [-0.15, -0.1) is 0 Å². The van der Waals surface area contributed by atoms with Gasteiger partial charge in [0.2, 0.25) is 0 Å². The van der Waals surface area contributed by atoms with E-state index in [4.69, 9.17) is 0 Å². The van der Waals surface area contributed by atoms with Crippen LogP contribution in [0, 0.1) is 10.1 Å². The molecule has 0 radical (unpaired) electrons. The Bertz CT molecular complexity index is 487. The molecule has 0 aromatic heterocycles. The Labute approximate surface area is 112 Å². The van der Waals surface area contributed by atoms with E-state index < -0.39 is 4.92 Å². The number of carbonyl (C=O) groups excluding carboxylic acids is 1. The highest BCUT2D eigenvalue weighted by atomic mass is 16.6. The Hall–Kier alpha value is -1.91. The number of carbonyl (C=O) groups is 1. The lowest BCUT2D eigenvalue weighted by Gasteiger charge is -2.35. The molecule has 1 aromatic carbocycles. The maximum atomic E-state index is 12.5. The van der Waals surface area contributed by atoms with Gasteiger partial charge in [0, 0.05) is 18.7 Å². The summed E-state index contributed by atoms with van der Waals surface area (Å²) in [6, 6.07) is 6.40. The number of benzene rings is 1. The Morgan fingerprint density at radius 2 is 2.16 bits per heavy atom. The molecule has 1 saturated heterocycles. The Morgan fingerprint density at radius 3 is 2.84 bits per heavy atom. The second kappa shape index (κ2) is 5.82. The lowest BCUT2D eigenvalue weighted by molar-refractivity contribution is -0.385. The molecule has 5 heteroatoms. The summed E-state index contributed by atoms with van der Waals surface area (Å²) < 4.78 is 0. The van der Waals surface area contributed by atoms with Gasteiger partial charge in [0.05, 0.1) is 4.92 Å². The molecular weight excluding hydrogens is 244 g/mol. The van der Waals surface area contributed by atoms with Gasteiger partial charge in [0.15, 0.2) is 0 Å². The molecule has 102 valence electrons. The van der Waals surface area contributed by atoms with Crippen LogP contribution in [0.3, 0.4) is 0 Å². The highest BCUT2D eigenvalue weighted by Gasteiger charge is 2.29. The van der Waals surface area contributed by atoms with Crippen molar-refractivity contribution < 1.29 is 9.72 Å². The lowest BCUT2D eigenvalue weighted by atomic mass is 9.98. The number of nitro groups is 1. The van der Waals surface area contributed by atoms with Gasteiger partial charge < -0.3 is 4.90 Å². The fraction of sp³-hybridized carbons (Fsp3) is 0.500. The fourth-order valence-corrected chi connectivity index (χ4v) is 2.66. The predicted molar refractivity (Wildman–Crippen MR) is 72.1 cm³/mol. The first-order chi connectivity index (χ1) is 9.15. The molecule has 0 saturated carbocycles. The van der Waals surface area contributed by atoms with Crippen molar-refractivity contribution >= 4 is 11.6 Å². The molecule has 1 atom stereocenters. The quantitative estimate of drug-likeness (QED) is 0.621. The largest absolute Gasteiger partial charge is 0.335 e. The van der Waals surface area contributed by atoms with Crippen LogP contribution in [0.5, 0.6) is 0 Å². The monoisotopic (exact) mass is 262 g/mol. The minimum absolute atomic E-state index is 0.104. The summed E-state index contributed by atoms with van der Waals surface area (Å²) in [4.78, 5) is 24.8. The van der Waals surface area contributed by atoms with Gasteiger partial charge in [0.1, 0.15) is 5.56 Å². The van der Waals surface area contributed by atoms with E-state index in [1.165, 1.54) is 6.07 Å². The summed E-state index contributed by atoms with van der Waals surface area (Å²) >= 11 is 0. The van der Waals surface area contributed by atoms with Gasteiger partial charge in [0.25, 0.3) is 11.6 Å². The van der Waals surface area contributed by atoms with Crippen LogP contribution in [0.25, 0.3) is 0 Å². The predicted octanol–water partition coefficient (Wildman–Crippen LogP) is 3.00. The van der Waals surface area contributed by atoms with Gasteiger partial charge in [-0.1, -0.05) is 19.1 Å². The first kappa shape index (κ1) is 13.5. The molecule has 0 spiro atoms. The molecule has 0 aliphatic carbocycles. The average Bonchev–Trinajstić information content (AvgIpc) is 2.46. The SMILES string of the molecule is CCC1CCCCN1C(=O)c1ccccc1[N+](=O)[O-]. The summed E-state index contributed by atoms with van der Waals surface area (Å²) in [5, 5.41) is 11.0. The summed E-state index contributed by atoms with van der Waals surface area (Å²) in [6.07, 6.45) is 3.98. The first-order valence-corrected chi connectivity index (χ1v) is 6.69. The van der Waals surface area contributed by atoms with Crippen LogP contribution in [0.15, 0.2) is 24.3 Å². The van der Waals surface area contributed by atoms with Crippen molar-refractivity contribution in [2.75, 3.05) is 6.54 Å². The van der Waals surface area contributed by atoms with Crippen molar-refractivity contribution in [2.45, 2.75) is 38.6 Å². The number of likely N-dealkylation sites (tertiary alicyclic amines) is 1. The van der Waals surface area contributed by atoms with Crippen molar-refractivity contribution in [3.8, 4) is 0 Å². The summed E-state index contributed by atoms with van der Waals surface area (Å²) in [6.45, 7) is 2.75. The van der Waals surface area contributed by atoms with Gasteiger partial charge in [-0.2, -0.15) is 0 Å². The molecule has 1 aromatic rings. The molecule has 1 amide bonds. The third kappa shape index (κ3) is 2.75. The van der Waals surface area contributed by atoms with Crippen molar-refractivity contribution in [3.63, 3.8) is 0 Å². The van der Waals surface area contributed by atoms with E-state index in [1.807, 2.05) is 0 Å². The number of amides is 1. The third-order valence-corrected chi connectivity index (χ3v) is 3.69. The van der Waals surface area contributed by atoms with E-state index >= 15 is 0 Å². The minimum atomic E-state index is -0.488. The van der Waals surface area contributed by atoms with Crippen molar-refractivity contribution in [1.29, 1.82) is 0 Å². The number of rotatable bonds is 3. The summed E-state index contributed by atoms with van der Waals surface area (Å²) in [5.74, 6) is -0.209. The average molecular weight is 262 g/mol. The zero-order valence-corrected chi connectivity index (χ0v) is 11.0. The van der Waals surface area contributed by atoms with Crippen LogP contribution < -0.4 is 0 Å². The highest BCUT2D eigenvalue weighted by molar-refractivity contribution is 5.98. The number of nitro benzene ring substituents is 1. The molecule has 2 rings (SSSR count). The van der Waals surface area contributed by atoms with E-state index in [2.05, 4.69) is 6.92 Å². The fourth-order valence-electron chi connectivity index (χ4n) is 2.66. The third-order valence-electron chi connectivity index (χ3n) is 3.69. The summed E-state index contributed by atoms with van der Waals surface area (Å²) in [7, 11) is 0. The minimum Gasteiger partial charge on any atom is -0.335 e. The normalized spacial score (nSPS) is 19.2. The lowest BCUT2D eigenvalue weighted by Crippen LogP contribution is -2.43. The zero-order chi connectivity index (χ0) is 13.8. The number of para-hydroxylation sites is 1. The molecule has 0 bridgehead atoms. The number of nitrogens with zero attached hydrogens (tertiary/aromatic N) is 2. The van der Waals surface area contributed by atoms with Crippen LogP contribution in [0.1, 0.15) is 43.0 Å². The van der Waals surface area contributed by atoms with E-state index in [1.54, 1.807) is 23.1 Å². The standard InChI is InChI=1S/C14H18N2O3/c1-2-11-7-5-6-10-15(11)14(17)12-8-3-4-9-13(12)16(18)19/h3-4,8-9,11H,2,5-7,10H2,1H3. The molecule has 1 aliphatic heterocycles. The number of hydrogen-bond donors (Lipinski definition) is 0. The Kier molecular flexibility index (Phi) is 4.14. The molecule has 1 heterocycles. The molecule has 5 nitrogen and oxygen atoms in total. The smallest absolute Gasteiger partial charge is 0.282 e. The maximum Gasteiger partial charge on any atom is 0.282 e. The van der Waals surface area contributed by atoms with Crippen molar-refractivity contribution in [2.24, 2.45) is 0 Å². The molecule has 1 fully saturated rings. The van der Waals surface area contributed by atoms with Gasteiger partial charge in [-0.05, 0) is 31.7 Å². The highest BCUT2D eigenvalue weighted by Crippen LogP contribution is 2.25. The van der Waals surface area contributed by atoms with Crippen LogP contribution in [0.2, 0.25) is 0 Å². The molecule has 0 N–H and O–H groups in total. The van der Waals surface area contributed by atoms with Crippen molar-refractivity contribution in [1.82, 2.24) is 4.90 Å². The Morgan fingerprint density at radius 1 is 1.42 bits per heavy atom. The van der Waals surface area contributed by atoms with Gasteiger partial charge in [-0.25, -0.2) is 0 Å². The molecule has 1 unspecified atom stereocenters. The van der Waals surface area contributed by atoms with Gasteiger partial charge >= 0.3 is 0 Å². The van der Waals surface area contributed by atoms with Crippen LogP contribution >= 0.6 is 0 Å². The first-order valence-electron chi connectivity index (χ1n) is 6.69. The van der Waals surface area contributed by atoms with E-state index in [-0.39, 0.29) is 23.2 Å². The van der Waals surface area contributed by atoms with E-state index in [9.17, 15) is 14.9 Å². The van der Waals surface area contributed by atoms with Gasteiger partial charge in [-0.3, -0.25) is 14.9 Å². The summed E-state index contributed by atoms with van der Waals surface area (Å²) in [5.41, 5.74) is 0.0979. The second-order valence-corrected chi connectivity index (χ2v) is 4.83.